The van der Waals surface area contributed by atoms with Crippen molar-refractivity contribution in [1.82, 2.24) is 9.88 Å². The van der Waals surface area contributed by atoms with E-state index >= 15 is 0 Å². The summed E-state index contributed by atoms with van der Waals surface area (Å²) >= 11 is 6.03. The van der Waals surface area contributed by atoms with Gasteiger partial charge in [-0.3, -0.25) is 0 Å². The van der Waals surface area contributed by atoms with Gasteiger partial charge in [-0.25, -0.2) is 14.6 Å². The second-order valence-electron chi connectivity index (χ2n) is 7.00. The molecule has 25 heavy (non-hydrogen) atoms. The average molecular weight is 370 g/mol. The summed E-state index contributed by atoms with van der Waals surface area (Å²) in [6, 6.07) is 3.05. The van der Waals surface area contributed by atoms with E-state index in [0.717, 1.165) is 0 Å². The van der Waals surface area contributed by atoms with Crippen LogP contribution in [0.4, 0.5) is 10.6 Å². The second-order valence-corrected chi connectivity index (χ2v) is 7.38. The molecule has 1 amide bonds. The zero-order chi connectivity index (χ0) is 18.8. The number of hydrogen-bond acceptors (Lipinski definition) is 6. The van der Waals surface area contributed by atoms with Gasteiger partial charge in [-0.2, -0.15) is 0 Å². The number of nitrogens with zero attached hydrogens (tertiary/aromatic N) is 3. The topological polar surface area (TPSA) is 72.0 Å². The lowest BCUT2D eigenvalue weighted by molar-refractivity contribution is 0.0158. The molecule has 0 aromatic carbocycles. The van der Waals surface area contributed by atoms with Crippen LogP contribution in [-0.4, -0.2) is 60.3 Å². The molecule has 1 aromatic rings. The van der Waals surface area contributed by atoms with Crippen molar-refractivity contribution in [3.63, 3.8) is 0 Å². The van der Waals surface area contributed by atoms with Crippen molar-refractivity contribution >= 4 is 29.5 Å². The predicted octanol–water partition coefficient (Wildman–Crippen LogP) is 2.97. The molecule has 0 saturated carbocycles. The van der Waals surface area contributed by atoms with E-state index in [1.807, 2.05) is 32.6 Å². The van der Waals surface area contributed by atoms with E-state index in [4.69, 9.17) is 21.1 Å². The molecular formula is C17H24ClN3O4. The molecule has 1 atom stereocenters. The molecule has 1 fully saturated rings. The highest BCUT2D eigenvalue weighted by molar-refractivity contribution is 6.29. The van der Waals surface area contributed by atoms with Crippen LogP contribution in [0, 0.1) is 0 Å². The molecular weight excluding hydrogens is 346 g/mol. The molecule has 1 aromatic heterocycles. The first-order valence-corrected chi connectivity index (χ1v) is 8.49. The molecule has 7 nitrogen and oxygen atoms in total. The number of esters is 1. The summed E-state index contributed by atoms with van der Waals surface area (Å²) in [5, 5.41) is 0.222. The molecule has 0 N–H and O–H groups in total. The largest absolute Gasteiger partial charge is 0.465 e. The molecule has 0 aliphatic carbocycles. The Bertz CT molecular complexity index is 660. The molecule has 138 valence electrons. The number of anilines is 1. The van der Waals surface area contributed by atoms with E-state index in [1.165, 1.54) is 13.2 Å². The zero-order valence-corrected chi connectivity index (χ0v) is 16.0. The maximum atomic E-state index is 12.3. The van der Waals surface area contributed by atoms with Crippen molar-refractivity contribution in [3.8, 4) is 0 Å². The third-order valence-corrected chi connectivity index (χ3v) is 3.97. The fraction of sp³-hybridized carbons (Fsp3) is 0.588. The molecule has 1 aliphatic rings. The SMILES string of the molecule is COC(=O)c1cc(Cl)nc(N2CCN(C(=O)OC(C)(C)C)C(C)C2)c1. The molecule has 0 radical (unpaired) electrons. The molecule has 2 heterocycles. The van der Waals surface area contributed by atoms with Crippen LogP contribution in [0.15, 0.2) is 12.1 Å². The number of pyridine rings is 1. The van der Waals surface area contributed by atoms with Crippen LogP contribution in [0.2, 0.25) is 5.15 Å². The monoisotopic (exact) mass is 369 g/mol. The van der Waals surface area contributed by atoms with Gasteiger partial charge in [-0.15, -0.1) is 0 Å². The highest BCUT2D eigenvalue weighted by Gasteiger charge is 2.31. The third kappa shape index (κ3) is 4.98. The number of ether oxygens (including phenoxy) is 2. The summed E-state index contributed by atoms with van der Waals surface area (Å²) in [7, 11) is 1.32. The lowest BCUT2D eigenvalue weighted by atomic mass is 10.1. The Morgan fingerprint density at radius 2 is 1.96 bits per heavy atom. The maximum absolute atomic E-state index is 12.3. The van der Waals surface area contributed by atoms with Crippen molar-refractivity contribution < 1.29 is 19.1 Å². The lowest BCUT2D eigenvalue weighted by Gasteiger charge is -2.40. The van der Waals surface area contributed by atoms with Crippen molar-refractivity contribution in [2.45, 2.75) is 39.3 Å². The normalized spacial score (nSPS) is 18.1. The van der Waals surface area contributed by atoms with Crippen LogP contribution in [0.1, 0.15) is 38.1 Å². The third-order valence-electron chi connectivity index (χ3n) is 3.78. The van der Waals surface area contributed by atoms with Gasteiger partial charge >= 0.3 is 12.1 Å². The van der Waals surface area contributed by atoms with Gasteiger partial charge in [0.2, 0.25) is 0 Å². The molecule has 8 heteroatoms. The Labute approximate surface area is 152 Å². The van der Waals surface area contributed by atoms with Gasteiger partial charge in [0.15, 0.2) is 0 Å². The predicted molar refractivity (Wildman–Crippen MR) is 95.2 cm³/mol. The fourth-order valence-electron chi connectivity index (χ4n) is 2.64. The molecule has 0 bridgehead atoms. The standard InChI is InChI=1S/C17H24ClN3O4/c1-11-10-20(6-7-21(11)16(23)25-17(2,3)4)14-9-12(15(22)24-5)8-13(18)19-14/h8-9,11H,6-7,10H2,1-5H3. The van der Waals surface area contributed by atoms with Gasteiger partial charge < -0.3 is 19.3 Å². The van der Waals surface area contributed by atoms with Crippen LogP contribution in [0.5, 0.6) is 0 Å². The Balaban J connectivity index is 2.12. The Morgan fingerprint density at radius 1 is 1.28 bits per heavy atom. The van der Waals surface area contributed by atoms with Gasteiger partial charge in [0.25, 0.3) is 0 Å². The summed E-state index contributed by atoms with van der Waals surface area (Å²) in [6.45, 7) is 9.10. The number of halogens is 1. The van der Waals surface area contributed by atoms with Crippen LogP contribution < -0.4 is 4.90 Å². The van der Waals surface area contributed by atoms with Crippen LogP contribution in [0.3, 0.4) is 0 Å². The van der Waals surface area contributed by atoms with E-state index < -0.39 is 11.6 Å². The van der Waals surface area contributed by atoms with Crippen molar-refractivity contribution in [2.75, 3.05) is 31.6 Å². The van der Waals surface area contributed by atoms with Gasteiger partial charge in [-0.1, -0.05) is 11.6 Å². The van der Waals surface area contributed by atoms with Crippen LogP contribution in [-0.2, 0) is 9.47 Å². The smallest absolute Gasteiger partial charge is 0.410 e. The van der Waals surface area contributed by atoms with Crippen molar-refractivity contribution in [2.24, 2.45) is 0 Å². The number of carbonyl (C=O) groups is 2. The minimum Gasteiger partial charge on any atom is -0.465 e. The molecule has 1 saturated heterocycles. The van der Waals surface area contributed by atoms with Crippen molar-refractivity contribution in [3.05, 3.63) is 22.8 Å². The number of rotatable bonds is 2. The maximum Gasteiger partial charge on any atom is 0.410 e. The fourth-order valence-corrected chi connectivity index (χ4v) is 2.84. The summed E-state index contributed by atoms with van der Waals surface area (Å²) in [5.74, 6) is 0.120. The Morgan fingerprint density at radius 3 is 2.52 bits per heavy atom. The summed E-state index contributed by atoms with van der Waals surface area (Å²) in [6.07, 6.45) is -0.325. The zero-order valence-electron chi connectivity index (χ0n) is 15.2. The lowest BCUT2D eigenvalue weighted by Crippen LogP contribution is -2.55. The first-order chi connectivity index (χ1) is 11.6. The van der Waals surface area contributed by atoms with E-state index in [9.17, 15) is 9.59 Å². The summed E-state index contributed by atoms with van der Waals surface area (Å²) in [5.41, 5.74) is -0.183. The molecule has 1 aliphatic heterocycles. The number of amides is 1. The number of hydrogen-bond donors (Lipinski definition) is 0. The highest BCUT2D eigenvalue weighted by Crippen LogP contribution is 2.23. The number of carbonyl (C=O) groups excluding carboxylic acids is 2. The van der Waals surface area contributed by atoms with Crippen molar-refractivity contribution in [1.29, 1.82) is 0 Å². The summed E-state index contributed by atoms with van der Waals surface area (Å²) in [4.78, 5) is 32.0. The Kier molecular flexibility index (Phi) is 5.77. The molecule has 2 rings (SSSR count). The van der Waals surface area contributed by atoms with E-state index in [2.05, 4.69) is 4.98 Å². The van der Waals surface area contributed by atoms with Gasteiger partial charge in [0, 0.05) is 25.7 Å². The minimum atomic E-state index is -0.530. The van der Waals surface area contributed by atoms with Gasteiger partial charge in [0.05, 0.1) is 12.7 Å². The van der Waals surface area contributed by atoms with E-state index in [-0.39, 0.29) is 17.3 Å². The van der Waals surface area contributed by atoms with Crippen LogP contribution >= 0.6 is 11.6 Å². The number of piperazine rings is 1. The molecule has 0 spiro atoms. The minimum absolute atomic E-state index is 0.0639. The average Bonchev–Trinajstić information content (AvgIpc) is 2.51. The van der Waals surface area contributed by atoms with Crippen LogP contribution in [0.25, 0.3) is 0 Å². The second kappa shape index (κ2) is 7.47. The Hall–Kier alpha value is -2.02. The quantitative estimate of drug-likeness (QED) is 0.589. The first kappa shape index (κ1) is 19.3. The van der Waals surface area contributed by atoms with E-state index in [0.29, 0.717) is 31.0 Å². The number of methoxy groups -OCH3 is 1. The van der Waals surface area contributed by atoms with Gasteiger partial charge in [-0.05, 0) is 39.8 Å². The van der Waals surface area contributed by atoms with E-state index in [1.54, 1.807) is 11.0 Å². The molecule has 1 unspecified atom stereocenters. The summed E-state index contributed by atoms with van der Waals surface area (Å²) < 4.78 is 10.2. The number of aromatic nitrogens is 1. The highest BCUT2D eigenvalue weighted by atomic mass is 35.5. The first-order valence-electron chi connectivity index (χ1n) is 8.11. The van der Waals surface area contributed by atoms with Gasteiger partial charge in [0.1, 0.15) is 16.6 Å².